The average Bonchev–Trinajstić information content (AvgIpc) is 2.77. The van der Waals surface area contributed by atoms with Gasteiger partial charge in [0.1, 0.15) is 5.82 Å². The van der Waals surface area contributed by atoms with Crippen LogP contribution in [-0.4, -0.2) is 33.3 Å². The minimum absolute atomic E-state index is 0.668. The Hall–Kier alpha value is -2.11. The summed E-state index contributed by atoms with van der Waals surface area (Å²) in [6.07, 6.45) is 5.73. The van der Waals surface area contributed by atoms with Crippen molar-refractivity contribution >= 4 is 11.8 Å². The number of nitrogens with zero attached hydrogens (tertiary/aromatic N) is 5. The molecule has 0 saturated heterocycles. The lowest BCUT2D eigenvalue weighted by Gasteiger charge is -2.19. The maximum atomic E-state index is 4.54. The molecule has 2 aromatic rings. The van der Waals surface area contributed by atoms with Gasteiger partial charge in [0.15, 0.2) is 0 Å². The monoisotopic (exact) mass is 260 g/mol. The molecule has 102 valence electrons. The molecule has 1 N–H and O–H groups in total. The molecule has 19 heavy (non-hydrogen) atoms. The summed E-state index contributed by atoms with van der Waals surface area (Å²) in [6.45, 7) is 5.64. The Bertz CT molecular complexity index is 548. The number of hydrogen-bond acceptors (Lipinski definition) is 5. The molecule has 6 nitrogen and oxygen atoms in total. The molecule has 0 aliphatic heterocycles. The Kier molecular flexibility index (Phi) is 3.99. The molecule has 0 radical (unpaired) electrons. The summed E-state index contributed by atoms with van der Waals surface area (Å²) < 4.78 is 1.81. The minimum Gasteiger partial charge on any atom is -0.355 e. The van der Waals surface area contributed by atoms with Crippen LogP contribution in [0.3, 0.4) is 0 Å². The first-order valence-electron chi connectivity index (χ1n) is 6.36. The summed E-state index contributed by atoms with van der Waals surface area (Å²) in [5, 5.41) is 7.31. The molecule has 0 fully saturated rings. The van der Waals surface area contributed by atoms with E-state index in [0.29, 0.717) is 5.95 Å². The Labute approximate surface area is 113 Å². The van der Waals surface area contributed by atoms with Crippen LogP contribution in [-0.2, 0) is 13.6 Å². The third-order valence-corrected chi connectivity index (χ3v) is 2.82. The largest absolute Gasteiger partial charge is 0.355 e. The number of rotatable bonds is 5. The highest BCUT2D eigenvalue weighted by atomic mass is 15.3. The Morgan fingerprint density at radius 2 is 2.16 bits per heavy atom. The Morgan fingerprint density at radius 3 is 2.79 bits per heavy atom. The fraction of sp³-hybridized carbons (Fsp3) is 0.462. The number of aryl methyl sites for hydroxylation is 2. The molecule has 0 saturated carbocycles. The first-order chi connectivity index (χ1) is 9.10. The third kappa shape index (κ3) is 3.21. The van der Waals surface area contributed by atoms with Crippen LogP contribution >= 0.6 is 0 Å². The van der Waals surface area contributed by atoms with Crippen LogP contribution < -0.4 is 10.2 Å². The molecule has 0 bridgehead atoms. The summed E-state index contributed by atoms with van der Waals surface area (Å²) >= 11 is 0. The van der Waals surface area contributed by atoms with E-state index in [1.807, 2.05) is 46.5 Å². The van der Waals surface area contributed by atoms with Gasteiger partial charge in [0.25, 0.3) is 0 Å². The maximum Gasteiger partial charge on any atom is 0.224 e. The van der Waals surface area contributed by atoms with E-state index in [-0.39, 0.29) is 0 Å². The van der Waals surface area contributed by atoms with Crippen LogP contribution in [0.25, 0.3) is 0 Å². The van der Waals surface area contributed by atoms with Gasteiger partial charge >= 0.3 is 0 Å². The minimum atomic E-state index is 0.668. The van der Waals surface area contributed by atoms with E-state index in [9.17, 15) is 0 Å². The zero-order valence-corrected chi connectivity index (χ0v) is 11.9. The van der Waals surface area contributed by atoms with Crippen molar-refractivity contribution < 1.29 is 0 Å². The fourth-order valence-corrected chi connectivity index (χ4v) is 1.97. The second kappa shape index (κ2) is 5.69. The lowest BCUT2D eigenvalue weighted by molar-refractivity contribution is 0.766. The van der Waals surface area contributed by atoms with Gasteiger partial charge in [-0.25, -0.2) is 4.98 Å². The lowest BCUT2D eigenvalue weighted by Crippen LogP contribution is -2.19. The van der Waals surface area contributed by atoms with E-state index in [4.69, 9.17) is 0 Å². The highest BCUT2D eigenvalue weighted by molar-refractivity contribution is 5.48. The van der Waals surface area contributed by atoms with Crippen molar-refractivity contribution in [3.8, 4) is 0 Å². The van der Waals surface area contributed by atoms with Gasteiger partial charge in [-0.1, -0.05) is 0 Å². The Morgan fingerprint density at radius 1 is 1.37 bits per heavy atom. The number of anilines is 2. The molecule has 2 aromatic heterocycles. The van der Waals surface area contributed by atoms with Crippen molar-refractivity contribution in [2.75, 3.05) is 23.8 Å². The van der Waals surface area contributed by atoms with E-state index in [1.165, 1.54) is 0 Å². The zero-order valence-electron chi connectivity index (χ0n) is 11.9. The van der Waals surface area contributed by atoms with Crippen LogP contribution in [0.15, 0.2) is 18.6 Å². The molecule has 0 spiro atoms. The van der Waals surface area contributed by atoms with E-state index in [2.05, 4.69) is 25.3 Å². The molecule has 0 aliphatic carbocycles. The summed E-state index contributed by atoms with van der Waals surface area (Å²) in [5.74, 6) is 1.61. The van der Waals surface area contributed by atoms with Crippen LogP contribution in [0.5, 0.6) is 0 Å². The lowest BCUT2D eigenvalue weighted by atomic mass is 10.3. The van der Waals surface area contributed by atoms with Crippen LogP contribution in [0.1, 0.15) is 18.1 Å². The van der Waals surface area contributed by atoms with Crippen molar-refractivity contribution in [3.63, 3.8) is 0 Å². The number of nitrogens with one attached hydrogen (secondary N) is 1. The SMILES string of the molecule is CCNc1ncc(C)c(N(C)Cc2cnn(C)c2)n1. The first kappa shape index (κ1) is 13.3. The van der Waals surface area contributed by atoms with Crippen molar-refractivity contribution in [2.45, 2.75) is 20.4 Å². The zero-order chi connectivity index (χ0) is 13.8. The Balaban J connectivity index is 2.17. The molecular formula is C13H20N6. The standard InChI is InChI=1S/C13H20N6/c1-5-14-13-15-6-10(2)12(17-13)18(3)8-11-7-16-19(4)9-11/h6-7,9H,5,8H2,1-4H3,(H,14,15,17). The predicted octanol–water partition coefficient (Wildman–Crippen LogP) is 1.59. The maximum absolute atomic E-state index is 4.54. The van der Waals surface area contributed by atoms with E-state index < -0.39 is 0 Å². The summed E-state index contributed by atoms with van der Waals surface area (Å²) in [6, 6.07) is 0. The van der Waals surface area contributed by atoms with E-state index in [0.717, 1.165) is 30.0 Å². The van der Waals surface area contributed by atoms with Gasteiger partial charge in [-0.15, -0.1) is 0 Å². The first-order valence-corrected chi connectivity index (χ1v) is 6.36. The third-order valence-electron chi connectivity index (χ3n) is 2.82. The molecule has 2 heterocycles. The predicted molar refractivity (Wildman–Crippen MR) is 76.2 cm³/mol. The van der Waals surface area contributed by atoms with E-state index in [1.54, 1.807) is 4.68 Å². The second-order valence-electron chi connectivity index (χ2n) is 4.61. The van der Waals surface area contributed by atoms with E-state index >= 15 is 0 Å². The van der Waals surface area contributed by atoms with Gasteiger partial charge in [-0.3, -0.25) is 4.68 Å². The van der Waals surface area contributed by atoms with Gasteiger partial charge in [0.05, 0.1) is 6.20 Å². The smallest absolute Gasteiger partial charge is 0.224 e. The molecule has 0 unspecified atom stereocenters. The van der Waals surface area contributed by atoms with Crippen molar-refractivity contribution in [2.24, 2.45) is 7.05 Å². The number of aromatic nitrogens is 4. The van der Waals surface area contributed by atoms with Crippen molar-refractivity contribution in [1.82, 2.24) is 19.7 Å². The van der Waals surface area contributed by atoms with Gasteiger partial charge in [-0.2, -0.15) is 10.1 Å². The molecule has 0 atom stereocenters. The van der Waals surface area contributed by atoms with Crippen molar-refractivity contribution in [1.29, 1.82) is 0 Å². The molecular weight excluding hydrogens is 240 g/mol. The molecule has 2 rings (SSSR count). The summed E-state index contributed by atoms with van der Waals surface area (Å²) in [7, 11) is 3.95. The topological polar surface area (TPSA) is 58.9 Å². The van der Waals surface area contributed by atoms with Crippen molar-refractivity contribution in [3.05, 3.63) is 29.7 Å². The molecule has 6 heteroatoms. The van der Waals surface area contributed by atoms with Crippen LogP contribution in [0, 0.1) is 6.92 Å². The molecule has 0 aliphatic rings. The fourth-order valence-electron chi connectivity index (χ4n) is 1.97. The van der Waals surface area contributed by atoms with Crippen LogP contribution in [0.4, 0.5) is 11.8 Å². The quantitative estimate of drug-likeness (QED) is 0.884. The summed E-state index contributed by atoms with van der Waals surface area (Å²) in [5.41, 5.74) is 2.22. The van der Waals surface area contributed by atoms with Gasteiger partial charge in [0.2, 0.25) is 5.95 Å². The molecule has 0 aromatic carbocycles. The normalized spacial score (nSPS) is 10.5. The van der Waals surface area contributed by atoms with Gasteiger partial charge in [-0.05, 0) is 13.8 Å². The number of hydrogen-bond donors (Lipinski definition) is 1. The van der Waals surface area contributed by atoms with Gasteiger partial charge < -0.3 is 10.2 Å². The molecule has 0 amide bonds. The highest BCUT2D eigenvalue weighted by Gasteiger charge is 2.10. The van der Waals surface area contributed by atoms with Crippen LogP contribution in [0.2, 0.25) is 0 Å². The van der Waals surface area contributed by atoms with Gasteiger partial charge in [0, 0.05) is 50.7 Å². The highest BCUT2D eigenvalue weighted by Crippen LogP contribution is 2.18. The summed E-state index contributed by atoms with van der Waals surface area (Å²) in [4.78, 5) is 10.9. The average molecular weight is 260 g/mol. The second-order valence-corrected chi connectivity index (χ2v) is 4.61.